The summed E-state index contributed by atoms with van der Waals surface area (Å²) in [6.45, 7) is 6.11. The average molecular weight is 294 g/mol. The van der Waals surface area contributed by atoms with Gasteiger partial charge in [0.05, 0.1) is 11.6 Å². The minimum atomic E-state index is -0.443. The number of hydrogen-bond donors (Lipinski definition) is 1. The van der Waals surface area contributed by atoms with Crippen LogP contribution in [0.4, 0.5) is 0 Å². The SMILES string of the molecule is C=C[C@H]1CN2CCC1C[C@H]2[C@H](O)c1ccnc2ccccc12. The highest BCUT2D eigenvalue weighted by Crippen LogP contribution is 2.41. The number of benzene rings is 1. The summed E-state index contributed by atoms with van der Waals surface area (Å²) in [4.78, 5) is 6.86. The molecule has 1 aromatic heterocycles. The van der Waals surface area contributed by atoms with Gasteiger partial charge in [0.1, 0.15) is 0 Å². The van der Waals surface area contributed by atoms with Crippen LogP contribution in [-0.2, 0) is 0 Å². The number of rotatable bonds is 3. The van der Waals surface area contributed by atoms with Gasteiger partial charge in [0.15, 0.2) is 0 Å². The van der Waals surface area contributed by atoms with Crippen molar-refractivity contribution >= 4 is 10.9 Å². The number of aliphatic hydroxyl groups is 1. The van der Waals surface area contributed by atoms with Crippen LogP contribution in [0.2, 0.25) is 0 Å². The van der Waals surface area contributed by atoms with Gasteiger partial charge < -0.3 is 5.11 Å². The lowest BCUT2D eigenvalue weighted by Crippen LogP contribution is -2.54. The molecule has 2 unspecified atom stereocenters. The molecule has 3 fully saturated rings. The number of para-hydroxylation sites is 1. The van der Waals surface area contributed by atoms with Crippen molar-refractivity contribution < 1.29 is 5.11 Å². The summed E-state index contributed by atoms with van der Waals surface area (Å²) >= 11 is 0. The number of aliphatic hydroxyl groups excluding tert-OH is 1. The molecule has 0 amide bonds. The highest BCUT2D eigenvalue weighted by molar-refractivity contribution is 5.82. The van der Waals surface area contributed by atoms with E-state index in [1.165, 1.54) is 6.42 Å². The first kappa shape index (κ1) is 13.9. The van der Waals surface area contributed by atoms with Crippen LogP contribution in [-0.4, -0.2) is 34.1 Å². The lowest BCUT2D eigenvalue weighted by Gasteiger charge is -2.50. The molecule has 4 heterocycles. The average Bonchev–Trinajstić information content (AvgIpc) is 2.60. The third-order valence-electron chi connectivity index (χ3n) is 5.52. The Kier molecular flexibility index (Phi) is 3.47. The van der Waals surface area contributed by atoms with Crippen molar-refractivity contribution in [1.82, 2.24) is 9.88 Å². The Morgan fingerprint density at radius 3 is 2.95 bits per heavy atom. The van der Waals surface area contributed by atoms with Crippen molar-refractivity contribution in [3.8, 4) is 0 Å². The summed E-state index contributed by atoms with van der Waals surface area (Å²) in [6.07, 6.45) is 5.76. The van der Waals surface area contributed by atoms with Crippen LogP contribution in [0.25, 0.3) is 10.9 Å². The van der Waals surface area contributed by atoms with E-state index in [9.17, 15) is 5.11 Å². The Hall–Kier alpha value is -1.71. The van der Waals surface area contributed by atoms with E-state index in [-0.39, 0.29) is 6.04 Å². The highest BCUT2D eigenvalue weighted by atomic mass is 16.3. The van der Waals surface area contributed by atoms with Gasteiger partial charge in [0.2, 0.25) is 0 Å². The van der Waals surface area contributed by atoms with Gasteiger partial charge in [-0.05, 0) is 48.9 Å². The summed E-state index contributed by atoms with van der Waals surface area (Å²) in [5, 5.41) is 12.1. The summed E-state index contributed by atoms with van der Waals surface area (Å²) in [5.74, 6) is 1.27. The zero-order valence-electron chi connectivity index (χ0n) is 12.7. The second-order valence-corrected chi connectivity index (χ2v) is 6.61. The lowest BCUT2D eigenvalue weighted by atomic mass is 9.73. The van der Waals surface area contributed by atoms with Gasteiger partial charge in [-0.25, -0.2) is 0 Å². The topological polar surface area (TPSA) is 36.4 Å². The predicted molar refractivity (Wildman–Crippen MR) is 88.5 cm³/mol. The zero-order valence-corrected chi connectivity index (χ0v) is 12.7. The van der Waals surface area contributed by atoms with Crippen molar-refractivity contribution in [2.75, 3.05) is 13.1 Å². The molecule has 1 N–H and O–H groups in total. The third kappa shape index (κ3) is 2.16. The number of fused-ring (bicyclic) bond motifs is 4. The molecule has 3 aliphatic heterocycles. The number of nitrogens with zero attached hydrogens (tertiary/aromatic N) is 2. The number of pyridine rings is 1. The van der Waals surface area contributed by atoms with Crippen molar-refractivity contribution in [2.24, 2.45) is 11.8 Å². The maximum absolute atomic E-state index is 11.0. The maximum Gasteiger partial charge on any atom is 0.0952 e. The standard InChI is InChI=1S/C19H22N2O/c1-2-13-12-21-10-8-14(13)11-18(21)19(22)16-7-9-20-17-6-4-3-5-15(16)17/h2-7,9,13-14,18-19,22H,1,8,10-12H2/t13-,14?,18-,19+/m0/s1. The van der Waals surface area contributed by atoms with Gasteiger partial charge in [-0.3, -0.25) is 9.88 Å². The maximum atomic E-state index is 11.0. The first-order valence-electron chi connectivity index (χ1n) is 8.16. The van der Waals surface area contributed by atoms with Crippen molar-refractivity contribution in [3.05, 3.63) is 54.7 Å². The minimum Gasteiger partial charge on any atom is -0.387 e. The molecule has 3 nitrogen and oxygen atoms in total. The van der Waals surface area contributed by atoms with E-state index in [1.807, 2.05) is 30.5 Å². The van der Waals surface area contributed by atoms with E-state index in [1.54, 1.807) is 0 Å². The zero-order chi connectivity index (χ0) is 15.1. The van der Waals surface area contributed by atoms with E-state index >= 15 is 0 Å². The molecule has 22 heavy (non-hydrogen) atoms. The molecule has 0 radical (unpaired) electrons. The van der Waals surface area contributed by atoms with E-state index in [2.05, 4.69) is 28.6 Å². The molecular formula is C19H22N2O. The Bertz CT molecular complexity index is 693. The Morgan fingerprint density at radius 2 is 2.18 bits per heavy atom. The largest absolute Gasteiger partial charge is 0.387 e. The quantitative estimate of drug-likeness (QED) is 0.883. The van der Waals surface area contributed by atoms with Crippen molar-refractivity contribution in [2.45, 2.75) is 25.0 Å². The van der Waals surface area contributed by atoms with Crippen molar-refractivity contribution in [3.63, 3.8) is 0 Å². The molecule has 0 aliphatic carbocycles. The lowest BCUT2D eigenvalue weighted by molar-refractivity contribution is -0.0444. The van der Waals surface area contributed by atoms with Crippen molar-refractivity contribution in [1.29, 1.82) is 0 Å². The summed E-state index contributed by atoms with van der Waals surface area (Å²) in [5.41, 5.74) is 1.97. The molecule has 0 saturated carbocycles. The van der Waals surface area contributed by atoms with E-state index in [4.69, 9.17) is 0 Å². The summed E-state index contributed by atoms with van der Waals surface area (Å²) < 4.78 is 0. The van der Waals surface area contributed by atoms with Gasteiger partial charge in [0, 0.05) is 24.2 Å². The second-order valence-electron chi connectivity index (χ2n) is 6.61. The molecule has 1 aromatic carbocycles. The van der Waals surface area contributed by atoms with Crippen LogP contribution in [0.5, 0.6) is 0 Å². The third-order valence-corrected chi connectivity index (χ3v) is 5.52. The predicted octanol–water partition coefficient (Wildman–Crippen LogP) is 3.16. The molecule has 2 aromatic rings. The molecule has 2 bridgehead atoms. The highest BCUT2D eigenvalue weighted by Gasteiger charge is 2.42. The van der Waals surface area contributed by atoms with E-state index in [0.29, 0.717) is 11.8 Å². The Labute approximate surface area is 131 Å². The Morgan fingerprint density at radius 1 is 1.32 bits per heavy atom. The van der Waals surface area contributed by atoms with Crippen LogP contribution in [0.3, 0.4) is 0 Å². The van der Waals surface area contributed by atoms with Gasteiger partial charge in [-0.1, -0.05) is 24.3 Å². The molecule has 5 rings (SSSR count). The normalized spacial score (nSPS) is 32.0. The molecule has 3 aliphatic rings. The number of hydrogen-bond acceptors (Lipinski definition) is 3. The van der Waals surface area contributed by atoms with Crippen LogP contribution in [0, 0.1) is 11.8 Å². The molecule has 0 spiro atoms. The second kappa shape index (κ2) is 5.49. The molecule has 3 heteroatoms. The van der Waals surface area contributed by atoms with Crippen LogP contribution >= 0.6 is 0 Å². The van der Waals surface area contributed by atoms with E-state index in [0.717, 1.165) is 36.0 Å². The Balaban J connectivity index is 1.67. The van der Waals surface area contributed by atoms with Gasteiger partial charge in [-0.15, -0.1) is 6.58 Å². The molecule has 114 valence electrons. The first-order chi connectivity index (χ1) is 10.8. The molecular weight excluding hydrogens is 272 g/mol. The van der Waals surface area contributed by atoms with Crippen LogP contribution in [0.15, 0.2) is 49.2 Å². The van der Waals surface area contributed by atoms with Crippen LogP contribution in [0.1, 0.15) is 24.5 Å². The van der Waals surface area contributed by atoms with Gasteiger partial charge >= 0.3 is 0 Å². The fourth-order valence-electron chi connectivity index (χ4n) is 4.29. The first-order valence-corrected chi connectivity index (χ1v) is 8.16. The molecule has 3 saturated heterocycles. The summed E-state index contributed by atoms with van der Waals surface area (Å²) in [6, 6.07) is 10.3. The fourth-order valence-corrected chi connectivity index (χ4v) is 4.29. The number of aromatic nitrogens is 1. The fraction of sp³-hybridized carbons (Fsp3) is 0.421. The number of piperidine rings is 3. The molecule has 5 atom stereocenters. The minimum absolute atomic E-state index is 0.223. The smallest absolute Gasteiger partial charge is 0.0952 e. The van der Waals surface area contributed by atoms with E-state index < -0.39 is 6.10 Å². The van der Waals surface area contributed by atoms with Gasteiger partial charge in [0.25, 0.3) is 0 Å². The summed E-state index contributed by atoms with van der Waals surface area (Å²) in [7, 11) is 0. The monoisotopic (exact) mass is 294 g/mol. The van der Waals surface area contributed by atoms with Gasteiger partial charge in [-0.2, -0.15) is 0 Å². The van der Waals surface area contributed by atoms with Crippen LogP contribution < -0.4 is 0 Å².